The van der Waals surface area contributed by atoms with Gasteiger partial charge in [-0.2, -0.15) is 0 Å². The zero-order valence-corrected chi connectivity index (χ0v) is 24.0. The summed E-state index contributed by atoms with van der Waals surface area (Å²) in [5.74, 6) is 0.476. The van der Waals surface area contributed by atoms with Gasteiger partial charge in [0.2, 0.25) is 6.61 Å². The topological polar surface area (TPSA) is 163 Å². The standard InChI is InChI=1S/C28H42NO10P/c1-2-3-4-5-15-34-24-11-7-10-23(19-24)20-36-25-12-6-9-22(18-25)13-14-27(30)35-16-8-17-38-40(33)39-37-21-26(29)28(31)32/h6-7,9-12,18,23,26,33H,2-5,8,13-17,19-21,29H2,1H3,(H,31,32)/p+2/t23?,26-,40?/m0/s1. The highest BCUT2D eigenvalue weighted by Gasteiger charge is 2.23. The summed E-state index contributed by atoms with van der Waals surface area (Å²) in [7, 11) is -2.17. The summed E-state index contributed by atoms with van der Waals surface area (Å²) in [6.45, 7) is 3.58. The molecule has 0 aromatic heterocycles. The lowest BCUT2D eigenvalue weighted by atomic mass is 10.0. The van der Waals surface area contributed by atoms with E-state index in [4.69, 9.17) is 25.1 Å². The van der Waals surface area contributed by atoms with Crippen LogP contribution >= 0.6 is 8.60 Å². The van der Waals surface area contributed by atoms with Crippen LogP contribution in [0.1, 0.15) is 57.4 Å². The molecule has 0 spiro atoms. The number of aryl methyl sites for hydroxylation is 1. The Labute approximate surface area is 237 Å². The normalized spacial score (nSPS) is 16.2. The Morgan fingerprint density at radius 1 is 1.18 bits per heavy atom. The summed E-state index contributed by atoms with van der Waals surface area (Å²) in [6.07, 6.45) is 12.9. The minimum Gasteiger partial charge on any atom is -0.498 e. The van der Waals surface area contributed by atoms with Crippen LogP contribution in [0, 0.1) is 5.92 Å². The first-order valence-corrected chi connectivity index (χ1v) is 14.9. The van der Waals surface area contributed by atoms with Gasteiger partial charge < -0.3 is 29.6 Å². The summed E-state index contributed by atoms with van der Waals surface area (Å²) < 4.78 is 25.7. The molecule has 3 atom stereocenters. The Morgan fingerprint density at radius 3 is 2.83 bits per heavy atom. The smallest absolute Gasteiger partial charge is 0.498 e. The van der Waals surface area contributed by atoms with Crippen LogP contribution in [0.5, 0.6) is 5.75 Å². The fourth-order valence-electron chi connectivity index (χ4n) is 3.66. The molecule has 2 rings (SSSR count). The van der Waals surface area contributed by atoms with Crippen molar-refractivity contribution in [2.24, 2.45) is 11.7 Å². The second-order valence-corrected chi connectivity index (χ2v) is 10.3. The summed E-state index contributed by atoms with van der Waals surface area (Å²) in [6, 6.07) is 6.51. The van der Waals surface area contributed by atoms with Crippen molar-refractivity contribution in [3.8, 4) is 5.75 Å². The van der Waals surface area contributed by atoms with Crippen molar-refractivity contribution in [2.45, 2.75) is 64.3 Å². The minimum atomic E-state index is -2.17. The van der Waals surface area contributed by atoms with Gasteiger partial charge in [0.05, 0.1) is 32.0 Å². The third kappa shape index (κ3) is 15.3. The van der Waals surface area contributed by atoms with Gasteiger partial charge >= 0.3 is 20.5 Å². The van der Waals surface area contributed by atoms with E-state index in [1.54, 1.807) is 0 Å². The molecule has 0 fully saturated rings. The van der Waals surface area contributed by atoms with Gasteiger partial charge in [0.1, 0.15) is 5.75 Å². The lowest BCUT2D eigenvalue weighted by Crippen LogP contribution is -2.35. The number of carboxylic acids is 1. The first-order valence-electron chi connectivity index (χ1n) is 13.7. The first kappa shape index (κ1) is 33.7. The van der Waals surface area contributed by atoms with E-state index in [0.717, 1.165) is 36.5 Å². The van der Waals surface area contributed by atoms with Gasteiger partial charge in [-0.1, -0.05) is 50.5 Å². The third-order valence-electron chi connectivity index (χ3n) is 5.90. The summed E-state index contributed by atoms with van der Waals surface area (Å²) in [5, 5.41) is 8.64. The number of aliphatic hydroxyl groups is 2. The van der Waals surface area contributed by atoms with Crippen molar-refractivity contribution in [3.63, 3.8) is 0 Å². The Bertz CT molecular complexity index is 941. The number of allylic oxidation sites excluding steroid dienone is 3. The Kier molecular flexibility index (Phi) is 17.1. The van der Waals surface area contributed by atoms with Crippen LogP contribution in [0.3, 0.4) is 0 Å². The second-order valence-electron chi connectivity index (χ2n) is 9.38. The van der Waals surface area contributed by atoms with E-state index in [1.165, 1.54) is 19.3 Å². The van der Waals surface area contributed by atoms with Gasteiger partial charge in [-0.3, -0.25) is 14.5 Å². The van der Waals surface area contributed by atoms with Gasteiger partial charge in [-0.15, -0.1) is 0 Å². The number of benzene rings is 1. The molecule has 1 aliphatic rings. The lowest BCUT2D eigenvalue weighted by Gasteiger charge is -2.20. The minimum absolute atomic E-state index is 0.156. The molecule has 6 N–H and O–H groups in total. The maximum atomic E-state index is 12.1. The fraction of sp³-hybridized carbons (Fsp3) is 0.571. The van der Waals surface area contributed by atoms with Crippen LogP contribution in [0.25, 0.3) is 0 Å². The predicted octanol–water partition coefficient (Wildman–Crippen LogP) is 3.61. The molecule has 2 unspecified atom stereocenters. The number of esters is 1. The molecule has 12 heteroatoms. The molecular formula is C28H44NO10P+2. The average molecular weight is 586 g/mol. The zero-order chi connectivity index (χ0) is 29.0. The molecule has 0 amide bonds. The quantitative estimate of drug-likeness (QED) is 0.0461. The highest BCUT2D eigenvalue weighted by Crippen LogP contribution is 2.29. The Hall–Kier alpha value is -2.53. The molecule has 0 bridgehead atoms. The summed E-state index contributed by atoms with van der Waals surface area (Å²) in [5.41, 5.74) is 6.25. The summed E-state index contributed by atoms with van der Waals surface area (Å²) >= 11 is 0. The van der Waals surface area contributed by atoms with Crippen molar-refractivity contribution in [1.29, 1.82) is 0 Å². The van der Waals surface area contributed by atoms with E-state index in [1.807, 2.05) is 36.4 Å². The molecular weight excluding hydrogens is 541 g/mol. The SMILES string of the molecule is CCCCCCOC1=CC=CC(COc2cccc(CCC(=O)OCCC[OH+]P(O)O[OH+]C[C@H](N)C(=O)O)c2)C1. The number of carbonyl (C=O) groups is 2. The number of unbranched alkanes of at least 4 members (excludes halogenated alkanes) is 3. The van der Waals surface area contributed by atoms with E-state index in [2.05, 4.69) is 27.1 Å². The number of carboxylic acid groups (broad SMARTS) is 1. The van der Waals surface area contributed by atoms with Gasteiger partial charge in [0.15, 0.2) is 12.6 Å². The highest BCUT2D eigenvalue weighted by atomic mass is 31.2. The zero-order valence-electron chi connectivity index (χ0n) is 23.2. The van der Waals surface area contributed by atoms with E-state index in [-0.39, 0.29) is 38.1 Å². The number of carbonyl (C=O) groups excluding carboxylic acids is 1. The van der Waals surface area contributed by atoms with Gasteiger partial charge in [-0.05, 0) is 36.6 Å². The number of nitrogens with two attached hydrogens (primary N) is 1. The molecule has 0 saturated heterocycles. The Morgan fingerprint density at radius 2 is 2.02 bits per heavy atom. The van der Waals surface area contributed by atoms with Gasteiger partial charge in [-0.25, -0.2) is 4.89 Å². The number of ether oxygens (including phenoxy) is 3. The molecule has 0 saturated carbocycles. The fourth-order valence-corrected chi connectivity index (χ4v) is 4.19. The molecule has 1 aromatic rings. The second kappa shape index (κ2) is 20.4. The molecule has 1 aromatic carbocycles. The van der Waals surface area contributed by atoms with Crippen LogP contribution in [0.2, 0.25) is 0 Å². The molecule has 0 radical (unpaired) electrons. The third-order valence-corrected chi connectivity index (χ3v) is 6.60. The van der Waals surface area contributed by atoms with E-state index in [9.17, 15) is 14.5 Å². The predicted molar refractivity (Wildman–Crippen MR) is 151 cm³/mol. The van der Waals surface area contributed by atoms with E-state index >= 15 is 0 Å². The Balaban J connectivity index is 1.56. The van der Waals surface area contributed by atoms with Crippen molar-refractivity contribution in [1.82, 2.24) is 0 Å². The summed E-state index contributed by atoms with van der Waals surface area (Å²) in [4.78, 5) is 35.7. The number of hydrogen-bond acceptors (Lipinski definition) is 8. The lowest BCUT2D eigenvalue weighted by molar-refractivity contribution is -0.352. The molecule has 1 aliphatic carbocycles. The van der Waals surface area contributed by atoms with E-state index < -0.39 is 20.6 Å². The number of rotatable bonds is 22. The molecule has 224 valence electrons. The van der Waals surface area contributed by atoms with Crippen LogP contribution < -0.4 is 10.5 Å². The van der Waals surface area contributed by atoms with Crippen molar-refractivity contribution in [2.75, 3.05) is 33.0 Å². The van der Waals surface area contributed by atoms with Crippen molar-refractivity contribution < 1.29 is 47.9 Å². The largest absolute Gasteiger partial charge is 0.602 e. The molecule has 40 heavy (non-hydrogen) atoms. The maximum Gasteiger partial charge on any atom is 0.602 e. The van der Waals surface area contributed by atoms with E-state index in [0.29, 0.717) is 19.4 Å². The van der Waals surface area contributed by atoms with Crippen molar-refractivity contribution in [3.05, 3.63) is 53.8 Å². The monoisotopic (exact) mass is 585 g/mol. The molecule has 0 aliphatic heterocycles. The van der Waals surface area contributed by atoms with Crippen molar-refractivity contribution >= 4 is 20.5 Å². The van der Waals surface area contributed by atoms with Gasteiger partial charge in [0.25, 0.3) is 0 Å². The maximum absolute atomic E-state index is 12.1. The molecule has 11 nitrogen and oxygen atoms in total. The van der Waals surface area contributed by atoms with Crippen LogP contribution in [0.4, 0.5) is 0 Å². The number of hydrogen-bond donors (Lipinski definition) is 3. The molecule has 0 heterocycles. The highest BCUT2D eigenvalue weighted by molar-refractivity contribution is 7.39. The average Bonchev–Trinajstić information content (AvgIpc) is 2.95. The number of aliphatic carboxylic acids is 1. The van der Waals surface area contributed by atoms with Gasteiger partial charge in [0, 0.05) is 23.4 Å². The van der Waals surface area contributed by atoms with Crippen LogP contribution in [0.15, 0.2) is 48.3 Å². The van der Waals surface area contributed by atoms with Crippen LogP contribution in [-0.2, 0) is 30.2 Å². The first-order chi connectivity index (χ1) is 19.4. The van der Waals surface area contributed by atoms with Crippen LogP contribution in [-0.4, -0.2) is 70.4 Å².